The van der Waals surface area contributed by atoms with Crippen LogP contribution in [-0.2, 0) is 15.7 Å². The van der Waals surface area contributed by atoms with Gasteiger partial charge in [-0.1, -0.05) is 18.2 Å². The number of allylic oxidation sites excluding steroid dienone is 1. The number of alkyl halides is 3. The number of nitrogens with one attached hydrogen (secondary N) is 1. The second-order valence-corrected chi connectivity index (χ2v) is 7.12. The molecule has 148 valence electrons. The SMILES string of the molecule is CC1=C(C(=O)OC2CCCC2)C(c2ccccc2C(F)(F)F)n2nccc2N1. The molecule has 2 aromatic rings. The van der Waals surface area contributed by atoms with E-state index < -0.39 is 23.8 Å². The quantitative estimate of drug-likeness (QED) is 0.772. The van der Waals surface area contributed by atoms with Gasteiger partial charge in [0, 0.05) is 11.8 Å². The van der Waals surface area contributed by atoms with E-state index in [1.54, 1.807) is 13.0 Å². The van der Waals surface area contributed by atoms with Crippen LogP contribution in [0, 0.1) is 0 Å². The van der Waals surface area contributed by atoms with Crippen LogP contribution in [0.25, 0.3) is 0 Å². The van der Waals surface area contributed by atoms with E-state index in [0.717, 1.165) is 31.7 Å². The number of carbonyl (C=O) groups excluding carboxylic acids is 1. The Hall–Kier alpha value is -2.77. The van der Waals surface area contributed by atoms with Gasteiger partial charge in [0.05, 0.1) is 17.3 Å². The van der Waals surface area contributed by atoms with Crippen LogP contribution >= 0.6 is 0 Å². The zero-order valence-corrected chi connectivity index (χ0v) is 15.3. The van der Waals surface area contributed by atoms with E-state index in [0.29, 0.717) is 11.5 Å². The van der Waals surface area contributed by atoms with Gasteiger partial charge in [0.1, 0.15) is 18.0 Å². The number of halogens is 3. The molecule has 1 unspecified atom stereocenters. The number of nitrogens with zero attached hydrogens (tertiary/aromatic N) is 2. The fraction of sp³-hybridized carbons (Fsp3) is 0.400. The molecule has 1 aromatic heterocycles. The second-order valence-electron chi connectivity index (χ2n) is 7.12. The molecule has 1 fully saturated rings. The maximum Gasteiger partial charge on any atom is 0.416 e. The molecule has 0 bridgehead atoms. The largest absolute Gasteiger partial charge is 0.459 e. The molecule has 28 heavy (non-hydrogen) atoms. The van der Waals surface area contributed by atoms with Crippen molar-refractivity contribution in [3.8, 4) is 0 Å². The monoisotopic (exact) mass is 391 g/mol. The Balaban J connectivity index is 1.82. The van der Waals surface area contributed by atoms with E-state index in [1.165, 1.54) is 29.1 Å². The third-order valence-electron chi connectivity index (χ3n) is 5.26. The van der Waals surface area contributed by atoms with Crippen LogP contribution in [0.3, 0.4) is 0 Å². The first-order chi connectivity index (χ1) is 13.4. The number of hydrogen-bond donors (Lipinski definition) is 1. The summed E-state index contributed by atoms with van der Waals surface area (Å²) in [7, 11) is 0. The van der Waals surface area contributed by atoms with Crippen molar-refractivity contribution in [2.24, 2.45) is 0 Å². The van der Waals surface area contributed by atoms with Gasteiger partial charge in [-0.15, -0.1) is 0 Å². The number of aromatic nitrogens is 2. The van der Waals surface area contributed by atoms with Gasteiger partial charge in [0.25, 0.3) is 0 Å². The second kappa shape index (κ2) is 7.00. The number of carbonyl (C=O) groups is 1. The lowest BCUT2D eigenvalue weighted by atomic mass is 9.91. The van der Waals surface area contributed by atoms with Crippen LogP contribution in [-0.4, -0.2) is 21.9 Å². The summed E-state index contributed by atoms with van der Waals surface area (Å²) in [6.07, 6.45) is 0.276. The van der Waals surface area contributed by atoms with Crippen LogP contribution in [0.5, 0.6) is 0 Å². The van der Waals surface area contributed by atoms with E-state index in [9.17, 15) is 18.0 Å². The summed E-state index contributed by atoms with van der Waals surface area (Å²) in [5.41, 5.74) is -0.195. The van der Waals surface area contributed by atoms with Gasteiger partial charge >= 0.3 is 12.1 Å². The predicted molar refractivity (Wildman–Crippen MR) is 96.5 cm³/mol. The molecule has 4 rings (SSSR count). The molecule has 1 aliphatic carbocycles. The minimum Gasteiger partial charge on any atom is -0.459 e. The summed E-state index contributed by atoms with van der Waals surface area (Å²) in [6, 6.07) is 5.93. The number of benzene rings is 1. The maximum absolute atomic E-state index is 13.7. The van der Waals surface area contributed by atoms with Crippen molar-refractivity contribution in [1.29, 1.82) is 0 Å². The van der Waals surface area contributed by atoms with Crippen molar-refractivity contribution in [3.05, 3.63) is 58.9 Å². The maximum atomic E-state index is 13.7. The first-order valence-electron chi connectivity index (χ1n) is 9.24. The Morgan fingerprint density at radius 3 is 2.64 bits per heavy atom. The summed E-state index contributed by atoms with van der Waals surface area (Å²) in [6.45, 7) is 1.67. The molecule has 1 aliphatic heterocycles. The zero-order chi connectivity index (χ0) is 19.9. The third kappa shape index (κ3) is 3.27. The van der Waals surface area contributed by atoms with Gasteiger partial charge in [-0.05, 0) is 44.2 Å². The Morgan fingerprint density at radius 1 is 1.21 bits per heavy atom. The Bertz CT molecular complexity index is 927. The summed E-state index contributed by atoms with van der Waals surface area (Å²) in [5, 5.41) is 7.23. The highest BCUT2D eigenvalue weighted by Gasteiger charge is 2.41. The predicted octanol–water partition coefficient (Wildman–Crippen LogP) is 4.68. The molecule has 1 atom stereocenters. The van der Waals surface area contributed by atoms with Gasteiger partial charge in [0.2, 0.25) is 0 Å². The molecule has 0 spiro atoms. The lowest BCUT2D eigenvalue weighted by Gasteiger charge is -2.31. The fourth-order valence-corrected chi connectivity index (χ4v) is 3.97. The molecule has 8 heteroatoms. The Labute approximate surface area is 160 Å². The van der Waals surface area contributed by atoms with Gasteiger partial charge in [0.15, 0.2) is 0 Å². The summed E-state index contributed by atoms with van der Waals surface area (Å²) in [5.74, 6) is -0.0723. The lowest BCUT2D eigenvalue weighted by Crippen LogP contribution is -2.32. The first-order valence-corrected chi connectivity index (χ1v) is 9.24. The smallest absolute Gasteiger partial charge is 0.416 e. The summed E-state index contributed by atoms with van der Waals surface area (Å²) < 4.78 is 48.1. The van der Waals surface area contributed by atoms with Crippen molar-refractivity contribution >= 4 is 11.8 Å². The topological polar surface area (TPSA) is 56.2 Å². The molecule has 2 aliphatic rings. The van der Waals surface area contributed by atoms with Crippen LogP contribution in [0.4, 0.5) is 19.0 Å². The number of esters is 1. The number of hydrogen-bond acceptors (Lipinski definition) is 4. The van der Waals surface area contributed by atoms with Crippen molar-refractivity contribution in [2.45, 2.75) is 50.9 Å². The Morgan fingerprint density at radius 2 is 1.93 bits per heavy atom. The van der Waals surface area contributed by atoms with Crippen LogP contribution in [0.15, 0.2) is 47.8 Å². The summed E-state index contributed by atoms with van der Waals surface area (Å²) in [4.78, 5) is 13.0. The minimum atomic E-state index is -4.55. The zero-order valence-electron chi connectivity index (χ0n) is 15.3. The molecule has 2 heterocycles. The highest BCUT2D eigenvalue weighted by Crippen LogP contribution is 2.42. The van der Waals surface area contributed by atoms with Gasteiger partial charge in [-0.3, -0.25) is 0 Å². The third-order valence-corrected chi connectivity index (χ3v) is 5.26. The van der Waals surface area contributed by atoms with E-state index in [4.69, 9.17) is 4.74 Å². The van der Waals surface area contributed by atoms with E-state index >= 15 is 0 Å². The van der Waals surface area contributed by atoms with Crippen molar-refractivity contribution in [3.63, 3.8) is 0 Å². The number of anilines is 1. The molecule has 1 N–H and O–H groups in total. The Kier molecular flexibility index (Phi) is 4.64. The number of rotatable bonds is 3. The van der Waals surface area contributed by atoms with Gasteiger partial charge < -0.3 is 10.1 Å². The normalized spacial score (nSPS) is 20.1. The van der Waals surface area contributed by atoms with Gasteiger partial charge in [-0.2, -0.15) is 18.3 Å². The van der Waals surface area contributed by atoms with Crippen molar-refractivity contribution in [1.82, 2.24) is 9.78 Å². The molecular formula is C20H20F3N3O2. The molecule has 5 nitrogen and oxygen atoms in total. The summed E-state index contributed by atoms with van der Waals surface area (Å²) >= 11 is 0. The van der Waals surface area contributed by atoms with Crippen LogP contribution in [0.2, 0.25) is 0 Å². The van der Waals surface area contributed by atoms with Crippen LogP contribution < -0.4 is 5.32 Å². The van der Waals surface area contributed by atoms with Crippen LogP contribution in [0.1, 0.15) is 49.8 Å². The number of fused-ring (bicyclic) bond motifs is 1. The van der Waals surface area contributed by atoms with Crippen molar-refractivity contribution < 1.29 is 22.7 Å². The molecular weight excluding hydrogens is 371 g/mol. The minimum absolute atomic E-state index is 0.0285. The fourth-order valence-electron chi connectivity index (χ4n) is 3.97. The average molecular weight is 391 g/mol. The standard InChI is InChI=1S/C20H20F3N3O2/c1-12-17(19(27)28-13-6-2-3-7-13)18(26-16(25-12)10-11-24-26)14-8-4-5-9-15(14)20(21,22)23/h4-5,8-11,13,18,25H,2-3,6-7H2,1H3. The molecule has 0 radical (unpaired) electrons. The molecule has 0 amide bonds. The lowest BCUT2D eigenvalue weighted by molar-refractivity contribution is -0.145. The van der Waals surface area contributed by atoms with Crippen molar-refractivity contribution in [2.75, 3.05) is 5.32 Å². The first kappa shape index (κ1) is 18.6. The average Bonchev–Trinajstić information content (AvgIpc) is 3.31. The van der Waals surface area contributed by atoms with E-state index in [-0.39, 0.29) is 17.2 Å². The van der Waals surface area contributed by atoms with E-state index in [1.807, 2.05) is 0 Å². The highest BCUT2D eigenvalue weighted by molar-refractivity contribution is 5.92. The van der Waals surface area contributed by atoms with E-state index in [2.05, 4.69) is 10.4 Å². The molecule has 0 saturated heterocycles. The molecule has 1 aromatic carbocycles. The molecule has 1 saturated carbocycles. The number of ether oxygens (including phenoxy) is 1. The highest BCUT2D eigenvalue weighted by atomic mass is 19.4. The van der Waals surface area contributed by atoms with Gasteiger partial charge in [-0.25, -0.2) is 9.48 Å².